The third kappa shape index (κ3) is 10.9. The van der Waals surface area contributed by atoms with Crippen molar-refractivity contribution in [2.24, 2.45) is 0 Å². The van der Waals surface area contributed by atoms with Crippen molar-refractivity contribution in [2.75, 3.05) is 84.4 Å². The molecule has 4 rings (SSSR count). The Kier molecular flexibility index (Phi) is 13.9. The first-order valence-corrected chi connectivity index (χ1v) is 14.4. The molecule has 43 heavy (non-hydrogen) atoms. The maximum atomic E-state index is 12.4. The monoisotopic (exact) mass is 620 g/mol. The molecule has 13 nitrogen and oxygen atoms in total. The molecule has 2 aromatic rings. The van der Waals surface area contributed by atoms with Gasteiger partial charge in [-0.15, -0.1) is 0 Å². The standard InChI is InChI=1S/C22H32N4O6.C7H9ClN2O/c1-30-20-14-26(7-6-19(20)23-16-27)15-21(28)24-18-4-2-17(3-5-18)22(29)32-13-10-25-8-11-31-12-9-25;1-4-3-5(8)6(9)10-7(4)11-2/h2-5,16,19-20H,6-15H2,1H3,(H,23,27)(H,24,28);3H,1-2H3,(H2,9,10). The number of hydrogen-bond donors (Lipinski definition) is 3. The highest BCUT2D eigenvalue weighted by Gasteiger charge is 2.29. The SMILES string of the molecule is COC1CN(CC(=O)Nc2ccc(C(=O)OCCN3CCOCC3)cc2)CCC1NC=O.COc1nc(N)c(Cl)cc1C. The number of nitrogens with zero attached hydrogens (tertiary/aromatic N) is 3. The number of carbonyl (C=O) groups is 3. The lowest BCUT2D eigenvalue weighted by molar-refractivity contribution is -0.119. The minimum atomic E-state index is -0.381. The summed E-state index contributed by atoms with van der Waals surface area (Å²) in [5.41, 5.74) is 7.38. The first-order chi connectivity index (χ1) is 20.7. The number of benzene rings is 1. The molecular formula is C29H41ClN6O7. The van der Waals surface area contributed by atoms with E-state index in [2.05, 4.69) is 20.5 Å². The smallest absolute Gasteiger partial charge is 0.338 e. The maximum Gasteiger partial charge on any atom is 0.338 e. The van der Waals surface area contributed by atoms with Gasteiger partial charge in [0.1, 0.15) is 12.4 Å². The number of rotatable bonds is 11. The fourth-order valence-corrected chi connectivity index (χ4v) is 4.90. The number of nitrogen functional groups attached to an aromatic ring is 1. The molecule has 0 radical (unpaired) electrons. The second kappa shape index (κ2) is 17.6. The zero-order valence-corrected chi connectivity index (χ0v) is 25.6. The van der Waals surface area contributed by atoms with E-state index in [0.29, 0.717) is 80.3 Å². The molecule has 2 atom stereocenters. The van der Waals surface area contributed by atoms with E-state index in [1.54, 1.807) is 44.6 Å². The van der Waals surface area contributed by atoms with Gasteiger partial charge in [0.2, 0.25) is 18.2 Å². The summed E-state index contributed by atoms with van der Waals surface area (Å²) >= 11 is 5.70. The highest BCUT2D eigenvalue weighted by molar-refractivity contribution is 6.32. The number of piperidine rings is 1. The van der Waals surface area contributed by atoms with Crippen LogP contribution >= 0.6 is 11.6 Å². The lowest BCUT2D eigenvalue weighted by Gasteiger charge is -2.37. The molecule has 0 saturated carbocycles. The number of ether oxygens (including phenoxy) is 4. The quantitative estimate of drug-likeness (QED) is 0.247. The number of hydrogen-bond acceptors (Lipinski definition) is 11. The van der Waals surface area contributed by atoms with Crippen LogP contribution in [0.2, 0.25) is 5.02 Å². The summed E-state index contributed by atoms with van der Waals surface area (Å²) in [6, 6.07) is 8.35. The van der Waals surface area contributed by atoms with Crippen LogP contribution in [-0.4, -0.2) is 119 Å². The Labute approximate surface area is 256 Å². The van der Waals surface area contributed by atoms with Crippen molar-refractivity contribution in [3.05, 3.63) is 46.5 Å². The van der Waals surface area contributed by atoms with Crippen molar-refractivity contribution >= 4 is 41.4 Å². The lowest BCUT2D eigenvalue weighted by atomic mass is 10.0. The number of methoxy groups -OCH3 is 2. The number of esters is 1. The van der Waals surface area contributed by atoms with Crippen LogP contribution in [0.5, 0.6) is 5.88 Å². The molecule has 2 fully saturated rings. The Bertz CT molecular complexity index is 1200. The van der Waals surface area contributed by atoms with Crippen molar-refractivity contribution in [2.45, 2.75) is 25.5 Å². The molecule has 0 bridgehead atoms. The first kappa shape index (κ1) is 34.0. The van der Waals surface area contributed by atoms with E-state index in [1.165, 1.54) is 0 Å². The van der Waals surface area contributed by atoms with E-state index in [1.807, 2.05) is 11.8 Å². The molecule has 1 aromatic heterocycles. The summed E-state index contributed by atoms with van der Waals surface area (Å²) in [4.78, 5) is 43.4. The Hall–Kier alpha value is -3.49. The van der Waals surface area contributed by atoms with Gasteiger partial charge in [-0.25, -0.2) is 4.79 Å². The van der Waals surface area contributed by atoms with Gasteiger partial charge in [0.25, 0.3) is 0 Å². The fraction of sp³-hybridized carbons (Fsp3) is 0.517. The van der Waals surface area contributed by atoms with Crippen molar-refractivity contribution in [3.8, 4) is 5.88 Å². The van der Waals surface area contributed by atoms with Crippen LogP contribution in [0, 0.1) is 6.92 Å². The molecular weight excluding hydrogens is 580 g/mol. The van der Waals surface area contributed by atoms with E-state index < -0.39 is 0 Å². The summed E-state index contributed by atoms with van der Waals surface area (Å²) in [5.74, 6) is 0.289. The van der Waals surface area contributed by atoms with Crippen molar-refractivity contribution in [1.29, 1.82) is 0 Å². The minimum absolute atomic E-state index is 0.0435. The third-order valence-corrected chi connectivity index (χ3v) is 7.39. The molecule has 2 aliphatic rings. The van der Waals surface area contributed by atoms with Crippen LogP contribution in [0.25, 0.3) is 0 Å². The Morgan fingerprint density at radius 2 is 1.88 bits per heavy atom. The second-order valence-corrected chi connectivity index (χ2v) is 10.5. The fourth-order valence-electron chi connectivity index (χ4n) is 4.69. The number of anilines is 2. The first-order valence-electron chi connectivity index (χ1n) is 14.0. The zero-order chi connectivity index (χ0) is 31.2. The summed E-state index contributed by atoms with van der Waals surface area (Å²) in [6.45, 7) is 7.48. The third-order valence-electron chi connectivity index (χ3n) is 7.08. The Balaban J connectivity index is 0.000000386. The topological polar surface area (TPSA) is 158 Å². The van der Waals surface area contributed by atoms with Crippen LogP contribution < -0.4 is 21.1 Å². The van der Waals surface area contributed by atoms with Gasteiger partial charge in [-0.3, -0.25) is 19.4 Å². The lowest BCUT2D eigenvalue weighted by Crippen LogP contribution is -2.54. The summed E-state index contributed by atoms with van der Waals surface area (Å²) in [6.07, 6.45) is 1.24. The van der Waals surface area contributed by atoms with E-state index in [9.17, 15) is 14.4 Å². The van der Waals surface area contributed by atoms with Crippen LogP contribution in [-0.2, 0) is 23.8 Å². The molecule has 1 aromatic carbocycles. The van der Waals surface area contributed by atoms with Gasteiger partial charge >= 0.3 is 5.97 Å². The summed E-state index contributed by atoms with van der Waals surface area (Å²) in [7, 11) is 3.14. The Morgan fingerprint density at radius 1 is 1.16 bits per heavy atom. The minimum Gasteiger partial charge on any atom is -0.481 e. The molecule has 2 aliphatic heterocycles. The number of nitrogens with two attached hydrogens (primary N) is 1. The van der Waals surface area contributed by atoms with Crippen molar-refractivity contribution in [1.82, 2.24) is 20.1 Å². The summed E-state index contributed by atoms with van der Waals surface area (Å²) < 4.78 is 21.0. The van der Waals surface area contributed by atoms with Crippen molar-refractivity contribution in [3.63, 3.8) is 0 Å². The molecule has 2 saturated heterocycles. The van der Waals surface area contributed by atoms with Gasteiger partial charge in [-0.2, -0.15) is 4.98 Å². The maximum absolute atomic E-state index is 12.4. The van der Waals surface area contributed by atoms with E-state index in [4.69, 9.17) is 36.3 Å². The number of pyridine rings is 1. The van der Waals surface area contributed by atoms with Gasteiger partial charge < -0.3 is 35.3 Å². The van der Waals surface area contributed by atoms with Crippen molar-refractivity contribution < 1.29 is 33.3 Å². The average Bonchev–Trinajstić information content (AvgIpc) is 3.01. The number of halogens is 1. The van der Waals surface area contributed by atoms with Gasteiger partial charge in [0.05, 0.1) is 49.6 Å². The van der Waals surface area contributed by atoms with Crippen LogP contribution in [0.1, 0.15) is 22.3 Å². The highest BCUT2D eigenvalue weighted by atomic mass is 35.5. The number of aryl methyl sites for hydroxylation is 1. The average molecular weight is 621 g/mol. The van der Waals surface area contributed by atoms with E-state index in [0.717, 1.165) is 18.7 Å². The predicted octanol–water partition coefficient (Wildman–Crippen LogP) is 1.58. The van der Waals surface area contributed by atoms with Gasteiger partial charge in [0, 0.05) is 51.1 Å². The number of morpholine rings is 1. The number of nitrogens with one attached hydrogen (secondary N) is 2. The normalized spacial score (nSPS) is 19.0. The van der Waals surface area contributed by atoms with E-state index >= 15 is 0 Å². The van der Waals surface area contributed by atoms with Crippen LogP contribution in [0.15, 0.2) is 30.3 Å². The number of likely N-dealkylation sites (tertiary alicyclic amines) is 1. The second-order valence-electron chi connectivity index (χ2n) is 10.1. The van der Waals surface area contributed by atoms with Gasteiger partial charge in [-0.05, 0) is 43.7 Å². The molecule has 0 aliphatic carbocycles. The predicted molar refractivity (Wildman–Crippen MR) is 162 cm³/mol. The van der Waals surface area contributed by atoms with Gasteiger partial charge in [-0.1, -0.05) is 11.6 Å². The molecule has 3 heterocycles. The molecule has 236 valence electrons. The van der Waals surface area contributed by atoms with Crippen LogP contribution in [0.4, 0.5) is 11.5 Å². The number of aromatic nitrogens is 1. The number of carbonyl (C=O) groups excluding carboxylic acids is 3. The molecule has 14 heteroatoms. The molecule has 2 amide bonds. The number of amides is 2. The zero-order valence-electron chi connectivity index (χ0n) is 24.8. The van der Waals surface area contributed by atoms with E-state index in [-0.39, 0.29) is 30.6 Å². The molecule has 2 unspecified atom stereocenters. The van der Waals surface area contributed by atoms with Crippen LogP contribution in [0.3, 0.4) is 0 Å². The molecule has 4 N–H and O–H groups in total. The molecule has 0 spiro atoms. The Morgan fingerprint density at radius 3 is 2.53 bits per heavy atom. The van der Waals surface area contributed by atoms with Gasteiger partial charge in [0.15, 0.2) is 0 Å². The largest absolute Gasteiger partial charge is 0.481 e. The highest BCUT2D eigenvalue weighted by Crippen LogP contribution is 2.23. The summed E-state index contributed by atoms with van der Waals surface area (Å²) in [5, 5.41) is 6.07.